The molecule has 7 heteroatoms. The van der Waals surface area contributed by atoms with Crippen molar-refractivity contribution in [1.82, 2.24) is 9.62 Å². The molecule has 5 nitrogen and oxygen atoms in total. The fourth-order valence-corrected chi connectivity index (χ4v) is 3.63. The van der Waals surface area contributed by atoms with E-state index in [4.69, 9.17) is 5.73 Å². The van der Waals surface area contributed by atoms with Gasteiger partial charge in [0.1, 0.15) is 10.7 Å². The highest BCUT2D eigenvalue weighted by atomic mass is 32.2. The van der Waals surface area contributed by atoms with Crippen LogP contribution in [-0.4, -0.2) is 39.5 Å². The fraction of sp³-hybridized carbons (Fsp3) is 0.538. The third-order valence-corrected chi connectivity index (χ3v) is 5.19. The van der Waals surface area contributed by atoms with Gasteiger partial charge in [-0.15, -0.1) is 0 Å². The van der Waals surface area contributed by atoms with Crippen LogP contribution in [0.3, 0.4) is 0 Å². The number of sulfonamides is 1. The van der Waals surface area contributed by atoms with Gasteiger partial charge in [0.05, 0.1) is 5.69 Å². The van der Waals surface area contributed by atoms with E-state index in [1.165, 1.54) is 6.07 Å². The van der Waals surface area contributed by atoms with E-state index >= 15 is 0 Å². The van der Waals surface area contributed by atoms with Crippen molar-refractivity contribution in [2.75, 3.05) is 25.9 Å². The number of nitrogen functional groups attached to an aromatic ring is 1. The van der Waals surface area contributed by atoms with Gasteiger partial charge in [0, 0.05) is 12.6 Å². The molecule has 0 radical (unpaired) electrons. The van der Waals surface area contributed by atoms with Gasteiger partial charge in [-0.2, -0.15) is 0 Å². The van der Waals surface area contributed by atoms with Crippen LogP contribution in [0.1, 0.15) is 19.3 Å². The molecule has 1 unspecified atom stereocenters. The van der Waals surface area contributed by atoms with Gasteiger partial charge in [-0.05, 0) is 44.6 Å². The van der Waals surface area contributed by atoms with Crippen molar-refractivity contribution in [3.8, 4) is 0 Å². The highest BCUT2D eigenvalue weighted by Gasteiger charge is 2.23. The van der Waals surface area contributed by atoms with E-state index < -0.39 is 15.8 Å². The molecule has 0 aromatic heterocycles. The monoisotopic (exact) mass is 301 g/mol. The van der Waals surface area contributed by atoms with Crippen molar-refractivity contribution in [2.45, 2.75) is 30.2 Å². The van der Waals surface area contributed by atoms with Gasteiger partial charge in [-0.25, -0.2) is 17.5 Å². The summed E-state index contributed by atoms with van der Waals surface area (Å²) in [6.07, 6.45) is 3.22. The first kappa shape index (κ1) is 15.2. The van der Waals surface area contributed by atoms with Crippen LogP contribution in [0.5, 0.6) is 0 Å². The summed E-state index contributed by atoms with van der Waals surface area (Å²) >= 11 is 0. The number of nitrogens with zero attached hydrogens (tertiary/aromatic N) is 1. The van der Waals surface area contributed by atoms with Gasteiger partial charge < -0.3 is 10.6 Å². The molecule has 0 amide bonds. The summed E-state index contributed by atoms with van der Waals surface area (Å²) in [5.41, 5.74) is 5.50. The third kappa shape index (κ3) is 3.47. The highest BCUT2D eigenvalue weighted by Crippen LogP contribution is 2.20. The Morgan fingerprint density at radius 2 is 2.20 bits per heavy atom. The van der Waals surface area contributed by atoms with E-state index in [-0.39, 0.29) is 16.6 Å². The number of benzene rings is 1. The number of anilines is 1. The Kier molecular flexibility index (Phi) is 4.62. The van der Waals surface area contributed by atoms with Crippen LogP contribution in [0.25, 0.3) is 0 Å². The van der Waals surface area contributed by atoms with Crippen LogP contribution < -0.4 is 10.5 Å². The van der Waals surface area contributed by atoms with Crippen molar-refractivity contribution in [2.24, 2.45) is 0 Å². The smallest absolute Gasteiger partial charge is 0.242 e. The van der Waals surface area contributed by atoms with Crippen LogP contribution in [0.2, 0.25) is 0 Å². The SMILES string of the molecule is CN1CCCCC1CNS(=O)(=O)c1ccc(F)cc1N. The summed E-state index contributed by atoms with van der Waals surface area (Å²) in [6.45, 7) is 1.32. The molecule has 1 aliphatic heterocycles. The van der Waals surface area contributed by atoms with Crippen molar-refractivity contribution < 1.29 is 12.8 Å². The molecule has 112 valence electrons. The van der Waals surface area contributed by atoms with Crippen molar-refractivity contribution in [3.63, 3.8) is 0 Å². The van der Waals surface area contributed by atoms with Crippen LogP contribution in [-0.2, 0) is 10.0 Å². The molecule has 1 aromatic carbocycles. The van der Waals surface area contributed by atoms with E-state index in [1.54, 1.807) is 0 Å². The number of halogens is 1. The number of nitrogens with one attached hydrogen (secondary N) is 1. The van der Waals surface area contributed by atoms with E-state index in [0.29, 0.717) is 6.54 Å². The molecule has 1 saturated heterocycles. The molecule has 20 heavy (non-hydrogen) atoms. The average molecular weight is 301 g/mol. The molecule has 1 atom stereocenters. The second-order valence-electron chi connectivity index (χ2n) is 5.16. The molecule has 1 fully saturated rings. The average Bonchev–Trinajstić information content (AvgIpc) is 2.37. The molecule has 1 heterocycles. The Morgan fingerprint density at radius 3 is 2.85 bits per heavy atom. The minimum Gasteiger partial charge on any atom is -0.398 e. The normalized spacial score (nSPS) is 21.0. The van der Waals surface area contributed by atoms with Gasteiger partial charge in [0.15, 0.2) is 0 Å². The first-order chi connectivity index (χ1) is 9.40. The maximum Gasteiger partial charge on any atom is 0.242 e. The maximum absolute atomic E-state index is 13.0. The molecular weight excluding hydrogens is 281 g/mol. The maximum atomic E-state index is 13.0. The van der Waals surface area contributed by atoms with Crippen LogP contribution in [0.15, 0.2) is 23.1 Å². The summed E-state index contributed by atoms with van der Waals surface area (Å²) in [4.78, 5) is 2.08. The van der Waals surface area contributed by atoms with Crippen molar-refractivity contribution in [1.29, 1.82) is 0 Å². The summed E-state index contributed by atoms with van der Waals surface area (Å²) < 4.78 is 39.9. The number of hydrogen-bond donors (Lipinski definition) is 2. The minimum atomic E-state index is -3.70. The number of likely N-dealkylation sites (tertiary alicyclic amines) is 1. The number of rotatable bonds is 4. The largest absolute Gasteiger partial charge is 0.398 e. The van der Waals surface area contributed by atoms with Gasteiger partial charge in [0.2, 0.25) is 10.0 Å². The molecule has 0 saturated carbocycles. The summed E-state index contributed by atoms with van der Waals surface area (Å²) in [7, 11) is -1.71. The van der Waals surface area contributed by atoms with E-state index in [1.807, 2.05) is 7.05 Å². The lowest BCUT2D eigenvalue weighted by molar-refractivity contribution is 0.187. The summed E-state index contributed by atoms with van der Waals surface area (Å²) in [6, 6.07) is 3.50. The van der Waals surface area contributed by atoms with Gasteiger partial charge in [-0.1, -0.05) is 6.42 Å². The third-order valence-electron chi connectivity index (χ3n) is 3.69. The number of hydrogen-bond acceptors (Lipinski definition) is 4. The molecule has 0 spiro atoms. The molecule has 1 aliphatic rings. The minimum absolute atomic E-state index is 0.0719. The van der Waals surface area contributed by atoms with Gasteiger partial charge >= 0.3 is 0 Å². The predicted molar refractivity (Wildman–Crippen MR) is 76.3 cm³/mol. The molecular formula is C13H20FN3O2S. The Hall–Kier alpha value is -1.18. The topological polar surface area (TPSA) is 75.4 Å². The molecule has 0 bridgehead atoms. The second kappa shape index (κ2) is 6.07. The Balaban J connectivity index is 2.07. The number of likely N-dealkylation sites (N-methyl/N-ethyl adjacent to an activating group) is 1. The van der Waals surface area contributed by atoms with Crippen LogP contribution in [0.4, 0.5) is 10.1 Å². The van der Waals surface area contributed by atoms with Gasteiger partial charge in [-0.3, -0.25) is 0 Å². The molecule has 2 rings (SSSR count). The van der Waals surface area contributed by atoms with E-state index in [0.717, 1.165) is 37.9 Å². The Bertz CT molecular complexity index is 577. The Labute approximate surface area is 119 Å². The van der Waals surface area contributed by atoms with E-state index in [9.17, 15) is 12.8 Å². The number of nitrogens with two attached hydrogens (primary N) is 1. The zero-order chi connectivity index (χ0) is 14.8. The zero-order valence-corrected chi connectivity index (χ0v) is 12.3. The fourth-order valence-electron chi connectivity index (χ4n) is 2.45. The lowest BCUT2D eigenvalue weighted by Gasteiger charge is -2.32. The standard InChI is InChI=1S/C13H20FN3O2S/c1-17-7-3-2-4-11(17)9-16-20(18,19)13-6-5-10(14)8-12(13)15/h5-6,8,11,16H,2-4,7,9,15H2,1H3. The quantitative estimate of drug-likeness (QED) is 0.819. The summed E-state index contributed by atoms with van der Waals surface area (Å²) in [5, 5.41) is 0. The first-order valence-corrected chi connectivity index (χ1v) is 8.13. The molecule has 3 N–H and O–H groups in total. The number of piperidine rings is 1. The lowest BCUT2D eigenvalue weighted by atomic mass is 10.0. The first-order valence-electron chi connectivity index (χ1n) is 6.65. The van der Waals surface area contributed by atoms with Crippen molar-refractivity contribution in [3.05, 3.63) is 24.0 Å². The van der Waals surface area contributed by atoms with Crippen LogP contribution >= 0.6 is 0 Å². The van der Waals surface area contributed by atoms with Gasteiger partial charge in [0.25, 0.3) is 0 Å². The van der Waals surface area contributed by atoms with E-state index in [2.05, 4.69) is 9.62 Å². The second-order valence-corrected chi connectivity index (χ2v) is 6.90. The molecule has 1 aromatic rings. The van der Waals surface area contributed by atoms with Crippen molar-refractivity contribution >= 4 is 15.7 Å². The molecule has 0 aliphatic carbocycles. The lowest BCUT2D eigenvalue weighted by Crippen LogP contribution is -2.44. The Morgan fingerprint density at radius 1 is 1.45 bits per heavy atom. The predicted octanol–water partition coefficient (Wildman–Crippen LogP) is 1.17. The summed E-state index contributed by atoms with van der Waals surface area (Å²) in [5.74, 6) is -0.548. The highest BCUT2D eigenvalue weighted by molar-refractivity contribution is 7.89. The van der Waals surface area contributed by atoms with Crippen LogP contribution in [0, 0.1) is 5.82 Å². The zero-order valence-electron chi connectivity index (χ0n) is 11.5.